The molecule has 0 spiro atoms. The van der Waals surface area contributed by atoms with Crippen LogP contribution in [0, 0.1) is 17.8 Å². The van der Waals surface area contributed by atoms with Crippen LogP contribution in [0.3, 0.4) is 0 Å². The Bertz CT molecular complexity index is 407. The van der Waals surface area contributed by atoms with Gasteiger partial charge in [-0.2, -0.15) is 0 Å². The predicted molar refractivity (Wildman–Crippen MR) is 79.9 cm³/mol. The highest BCUT2D eigenvalue weighted by molar-refractivity contribution is 6.30. The monoisotopic (exact) mass is 263 g/mol. The quantitative estimate of drug-likeness (QED) is 0.741. The van der Waals surface area contributed by atoms with E-state index >= 15 is 0 Å². The second-order valence-electron chi connectivity index (χ2n) is 4.69. The summed E-state index contributed by atoms with van der Waals surface area (Å²) in [4.78, 5) is 2.40. The van der Waals surface area contributed by atoms with Crippen LogP contribution in [0.25, 0.3) is 0 Å². The van der Waals surface area contributed by atoms with Crippen molar-refractivity contribution in [1.82, 2.24) is 4.90 Å². The maximum atomic E-state index is 5.86. The second kappa shape index (κ2) is 7.46. The van der Waals surface area contributed by atoms with E-state index in [9.17, 15) is 0 Å². The fourth-order valence-electron chi connectivity index (χ4n) is 1.99. The molecule has 1 nitrogen and oxygen atoms in total. The van der Waals surface area contributed by atoms with Crippen LogP contribution >= 0.6 is 11.6 Å². The summed E-state index contributed by atoms with van der Waals surface area (Å²) in [6.07, 6.45) is 0. The maximum absolute atomic E-state index is 5.86. The number of hydrogen-bond acceptors (Lipinski definition) is 1. The standard InChI is InChI=1S/C16H22ClN/c1-5-18(6-2)16(13(3)4)12-9-14-7-10-15(17)11-8-14/h7-8,10-11,13,16H,5-6H2,1-4H3. The number of nitrogens with zero attached hydrogens (tertiary/aromatic N) is 1. The number of benzene rings is 1. The van der Waals surface area contributed by atoms with Crippen molar-refractivity contribution in [2.75, 3.05) is 13.1 Å². The molecule has 0 aromatic heterocycles. The molecule has 98 valence electrons. The third-order valence-electron chi connectivity index (χ3n) is 3.05. The highest BCUT2D eigenvalue weighted by atomic mass is 35.5. The van der Waals surface area contributed by atoms with E-state index < -0.39 is 0 Å². The SMILES string of the molecule is CCN(CC)C(C#Cc1ccc(Cl)cc1)C(C)C. The molecule has 1 atom stereocenters. The molecule has 0 N–H and O–H groups in total. The molecule has 0 saturated heterocycles. The molecular formula is C16H22ClN. The molecule has 0 bridgehead atoms. The summed E-state index contributed by atoms with van der Waals surface area (Å²) in [5.74, 6) is 7.17. The summed E-state index contributed by atoms with van der Waals surface area (Å²) < 4.78 is 0. The van der Waals surface area contributed by atoms with E-state index in [2.05, 4.69) is 44.4 Å². The molecule has 1 aromatic carbocycles. The first-order valence-electron chi connectivity index (χ1n) is 6.59. The summed E-state index contributed by atoms with van der Waals surface area (Å²) in [7, 11) is 0. The summed E-state index contributed by atoms with van der Waals surface area (Å²) in [6, 6.07) is 8.01. The molecular weight excluding hydrogens is 242 g/mol. The zero-order chi connectivity index (χ0) is 13.5. The van der Waals surface area contributed by atoms with Crippen LogP contribution in [0.15, 0.2) is 24.3 Å². The second-order valence-corrected chi connectivity index (χ2v) is 5.12. The van der Waals surface area contributed by atoms with Gasteiger partial charge >= 0.3 is 0 Å². The summed E-state index contributed by atoms with van der Waals surface area (Å²) in [5, 5.41) is 0.754. The topological polar surface area (TPSA) is 3.24 Å². The van der Waals surface area contributed by atoms with Gasteiger partial charge in [0.15, 0.2) is 0 Å². The van der Waals surface area contributed by atoms with Crippen molar-refractivity contribution >= 4 is 11.6 Å². The van der Waals surface area contributed by atoms with Gasteiger partial charge in [-0.25, -0.2) is 0 Å². The van der Waals surface area contributed by atoms with Gasteiger partial charge in [0.1, 0.15) is 0 Å². The molecule has 1 rings (SSSR count). The Kier molecular flexibility index (Phi) is 6.25. The van der Waals surface area contributed by atoms with E-state index in [0.717, 1.165) is 23.7 Å². The summed E-state index contributed by atoms with van der Waals surface area (Å²) >= 11 is 5.86. The third-order valence-corrected chi connectivity index (χ3v) is 3.30. The Morgan fingerprint density at radius 3 is 2.11 bits per heavy atom. The van der Waals surface area contributed by atoms with Crippen LogP contribution in [0.1, 0.15) is 33.3 Å². The van der Waals surface area contributed by atoms with Gasteiger partial charge in [0.2, 0.25) is 0 Å². The fraction of sp³-hybridized carbons (Fsp3) is 0.500. The van der Waals surface area contributed by atoms with Crippen molar-refractivity contribution in [1.29, 1.82) is 0 Å². The van der Waals surface area contributed by atoms with Gasteiger partial charge in [0, 0.05) is 10.6 Å². The first-order chi connectivity index (χ1) is 8.58. The van der Waals surface area contributed by atoms with Crippen LogP contribution in [-0.4, -0.2) is 24.0 Å². The zero-order valence-corrected chi connectivity index (χ0v) is 12.5. The Morgan fingerprint density at radius 1 is 1.11 bits per heavy atom. The minimum absolute atomic E-state index is 0.315. The maximum Gasteiger partial charge on any atom is 0.0741 e. The first-order valence-corrected chi connectivity index (χ1v) is 6.97. The van der Waals surface area contributed by atoms with Crippen molar-refractivity contribution in [3.63, 3.8) is 0 Å². The van der Waals surface area contributed by atoms with Gasteiger partial charge < -0.3 is 0 Å². The third kappa shape index (κ3) is 4.37. The molecule has 2 heteroatoms. The highest BCUT2D eigenvalue weighted by Crippen LogP contribution is 2.11. The average Bonchev–Trinajstić information content (AvgIpc) is 2.36. The fourth-order valence-corrected chi connectivity index (χ4v) is 2.11. The van der Waals surface area contributed by atoms with E-state index in [1.54, 1.807) is 0 Å². The minimum atomic E-state index is 0.315. The summed E-state index contributed by atoms with van der Waals surface area (Å²) in [6.45, 7) is 10.9. The average molecular weight is 264 g/mol. The van der Waals surface area contributed by atoms with Crippen molar-refractivity contribution < 1.29 is 0 Å². The minimum Gasteiger partial charge on any atom is -0.290 e. The lowest BCUT2D eigenvalue weighted by molar-refractivity contribution is 0.217. The summed E-state index contributed by atoms with van der Waals surface area (Å²) in [5.41, 5.74) is 1.03. The molecule has 0 aliphatic rings. The molecule has 0 amide bonds. The zero-order valence-electron chi connectivity index (χ0n) is 11.7. The first kappa shape index (κ1) is 15.1. The molecule has 18 heavy (non-hydrogen) atoms. The molecule has 0 radical (unpaired) electrons. The lowest BCUT2D eigenvalue weighted by atomic mass is 10.0. The molecule has 0 fully saturated rings. The smallest absolute Gasteiger partial charge is 0.0741 e. The lowest BCUT2D eigenvalue weighted by Gasteiger charge is -2.28. The lowest BCUT2D eigenvalue weighted by Crippen LogP contribution is -2.37. The Hall–Kier alpha value is -0.970. The van der Waals surface area contributed by atoms with Gasteiger partial charge in [-0.1, -0.05) is 51.1 Å². The molecule has 0 aliphatic heterocycles. The van der Waals surface area contributed by atoms with Gasteiger partial charge in [-0.15, -0.1) is 0 Å². The van der Waals surface area contributed by atoms with Crippen LogP contribution in [-0.2, 0) is 0 Å². The normalized spacial score (nSPS) is 12.4. The van der Waals surface area contributed by atoms with Crippen LogP contribution < -0.4 is 0 Å². The largest absolute Gasteiger partial charge is 0.290 e. The molecule has 0 saturated carbocycles. The van der Waals surface area contributed by atoms with E-state index in [1.807, 2.05) is 24.3 Å². The molecule has 1 unspecified atom stereocenters. The Balaban J connectivity index is 2.87. The van der Waals surface area contributed by atoms with E-state index in [0.29, 0.717) is 12.0 Å². The van der Waals surface area contributed by atoms with Gasteiger partial charge in [0.25, 0.3) is 0 Å². The van der Waals surface area contributed by atoms with Crippen molar-refractivity contribution in [3.05, 3.63) is 34.9 Å². The van der Waals surface area contributed by atoms with Crippen molar-refractivity contribution in [3.8, 4) is 11.8 Å². The van der Waals surface area contributed by atoms with E-state index in [4.69, 9.17) is 11.6 Å². The van der Waals surface area contributed by atoms with Crippen molar-refractivity contribution in [2.45, 2.75) is 33.7 Å². The van der Waals surface area contributed by atoms with Crippen LogP contribution in [0.4, 0.5) is 0 Å². The number of hydrogen-bond donors (Lipinski definition) is 0. The van der Waals surface area contributed by atoms with Gasteiger partial charge in [-0.05, 0) is 43.3 Å². The Morgan fingerprint density at radius 2 is 1.67 bits per heavy atom. The predicted octanol–water partition coefficient (Wildman–Crippen LogP) is 4.06. The van der Waals surface area contributed by atoms with Crippen LogP contribution in [0.2, 0.25) is 5.02 Å². The van der Waals surface area contributed by atoms with Crippen molar-refractivity contribution in [2.24, 2.45) is 5.92 Å². The molecule has 1 aromatic rings. The molecule has 0 heterocycles. The highest BCUT2D eigenvalue weighted by Gasteiger charge is 2.16. The van der Waals surface area contributed by atoms with E-state index in [-0.39, 0.29) is 0 Å². The van der Waals surface area contributed by atoms with Crippen LogP contribution in [0.5, 0.6) is 0 Å². The molecule has 0 aliphatic carbocycles. The Labute approximate surface area is 116 Å². The number of halogens is 1. The number of rotatable bonds is 4. The van der Waals surface area contributed by atoms with E-state index in [1.165, 1.54) is 0 Å². The van der Waals surface area contributed by atoms with Gasteiger partial charge in [-0.3, -0.25) is 4.90 Å². The van der Waals surface area contributed by atoms with Gasteiger partial charge in [0.05, 0.1) is 6.04 Å².